The zero-order valence-corrected chi connectivity index (χ0v) is 17.3. The molecule has 4 rings (SSSR count). The van der Waals surface area contributed by atoms with E-state index >= 15 is 0 Å². The molecule has 1 aromatic carbocycles. The number of benzene rings is 1. The van der Waals surface area contributed by atoms with Crippen molar-refractivity contribution in [1.29, 1.82) is 0 Å². The van der Waals surface area contributed by atoms with Gasteiger partial charge in [-0.15, -0.1) is 11.3 Å². The van der Waals surface area contributed by atoms with Crippen molar-refractivity contribution in [2.75, 3.05) is 4.90 Å². The first-order chi connectivity index (χ1) is 13.6. The number of aryl methyl sites for hydroxylation is 3. The van der Waals surface area contributed by atoms with Gasteiger partial charge >= 0.3 is 0 Å². The van der Waals surface area contributed by atoms with Gasteiger partial charge in [-0.2, -0.15) is 0 Å². The second kappa shape index (κ2) is 8.27. The van der Waals surface area contributed by atoms with Gasteiger partial charge in [0.15, 0.2) is 0 Å². The zero-order valence-electron chi connectivity index (χ0n) is 16.5. The third-order valence-corrected chi connectivity index (χ3v) is 6.53. The fourth-order valence-electron chi connectivity index (χ4n) is 3.84. The number of hydrogen-bond donors (Lipinski definition) is 0. The van der Waals surface area contributed by atoms with Gasteiger partial charge in [0.05, 0.1) is 11.6 Å². The molecule has 2 aromatic heterocycles. The lowest BCUT2D eigenvalue weighted by atomic mass is 9.91. The molecule has 0 aliphatic heterocycles. The summed E-state index contributed by atoms with van der Waals surface area (Å²) in [4.78, 5) is 24.0. The minimum Gasteiger partial charge on any atom is -0.337 e. The highest BCUT2D eigenvalue weighted by molar-refractivity contribution is 7.09. The molecule has 1 amide bonds. The van der Waals surface area contributed by atoms with Crippen LogP contribution in [0.1, 0.15) is 54.1 Å². The van der Waals surface area contributed by atoms with Gasteiger partial charge in [0, 0.05) is 49.0 Å². The van der Waals surface area contributed by atoms with Crippen molar-refractivity contribution in [3.8, 4) is 0 Å². The lowest BCUT2D eigenvalue weighted by Crippen LogP contribution is -2.32. The summed E-state index contributed by atoms with van der Waals surface area (Å²) < 4.78 is 1.98. The number of thiazole rings is 1. The van der Waals surface area contributed by atoms with Crippen LogP contribution in [-0.2, 0) is 31.2 Å². The van der Waals surface area contributed by atoms with Crippen LogP contribution in [-0.4, -0.2) is 20.4 Å². The number of aromatic nitrogens is 3. The number of hydrogen-bond acceptors (Lipinski definition) is 4. The maximum atomic E-state index is 13.3. The molecule has 28 heavy (non-hydrogen) atoms. The normalized spacial score (nSPS) is 14.5. The summed E-state index contributed by atoms with van der Waals surface area (Å²) in [7, 11) is 1.97. The van der Waals surface area contributed by atoms with Crippen LogP contribution >= 0.6 is 11.3 Å². The molecule has 1 unspecified atom stereocenters. The van der Waals surface area contributed by atoms with Gasteiger partial charge in [0.1, 0.15) is 5.82 Å². The summed E-state index contributed by atoms with van der Waals surface area (Å²) in [5.74, 6) is 1.10. The van der Waals surface area contributed by atoms with Crippen LogP contribution in [0.15, 0.2) is 42.2 Å². The number of carbonyl (C=O) groups is 1. The van der Waals surface area contributed by atoms with Crippen molar-refractivity contribution in [2.24, 2.45) is 7.05 Å². The highest BCUT2D eigenvalue weighted by Crippen LogP contribution is 2.29. The predicted octanol–water partition coefficient (Wildman–Crippen LogP) is 4.48. The topological polar surface area (TPSA) is 51.0 Å². The molecule has 0 saturated carbocycles. The Bertz CT molecular complexity index is 947. The minimum absolute atomic E-state index is 0.106. The number of nitrogens with zero attached hydrogens (tertiary/aromatic N) is 4. The van der Waals surface area contributed by atoms with Crippen LogP contribution in [0.4, 0.5) is 5.69 Å². The minimum atomic E-state index is 0.106. The molecule has 1 atom stereocenters. The molecule has 0 saturated heterocycles. The van der Waals surface area contributed by atoms with E-state index in [-0.39, 0.29) is 11.8 Å². The molecule has 6 heteroatoms. The number of rotatable bonds is 6. The van der Waals surface area contributed by atoms with Crippen molar-refractivity contribution < 1.29 is 4.79 Å². The lowest BCUT2D eigenvalue weighted by Gasteiger charge is -2.26. The summed E-state index contributed by atoms with van der Waals surface area (Å²) in [5.41, 5.74) is 3.78. The van der Waals surface area contributed by atoms with E-state index in [1.54, 1.807) is 23.7 Å². The van der Waals surface area contributed by atoms with E-state index in [0.29, 0.717) is 13.0 Å². The Morgan fingerprint density at radius 3 is 2.75 bits per heavy atom. The number of amides is 1. The molecular weight excluding hydrogens is 368 g/mol. The van der Waals surface area contributed by atoms with E-state index in [9.17, 15) is 4.79 Å². The Hall–Kier alpha value is -2.47. The van der Waals surface area contributed by atoms with E-state index in [4.69, 9.17) is 0 Å². The fourth-order valence-corrected chi connectivity index (χ4v) is 4.54. The number of anilines is 1. The smallest absolute Gasteiger partial charge is 0.228 e. The Morgan fingerprint density at radius 1 is 1.21 bits per heavy atom. The molecule has 0 radical (unpaired) electrons. The van der Waals surface area contributed by atoms with E-state index in [2.05, 4.69) is 35.1 Å². The molecule has 0 fully saturated rings. The van der Waals surface area contributed by atoms with E-state index < -0.39 is 0 Å². The Kier molecular flexibility index (Phi) is 5.57. The van der Waals surface area contributed by atoms with Crippen LogP contribution in [0.3, 0.4) is 0 Å². The molecule has 0 bridgehead atoms. The molecular formula is C22H26N4OS. The number of imidazole rings is 1. The third kappa shape index (κ3) is 4.02. The summed E-state index contributed by atoms with van der Waals surface area (Å²) in [6, 6.07) is 6.51. The maximum Gasteiger partial charge on any atom is 0.228 e. The van der Waals surface area contributed by atoms with Crippen molar-refractivity contribution in [3.63, 3.8) is 0 Å². The standard InChI is InChI=1S/C22H26N4OS/c1-16(22-24-10-12-28-22)13-21(27)26(15-20-23-9-11-25(20)2)19-8-7-17-5-3-4-6-18(17)14-19/h7-12,14,16H,3-6,13,15H2,1-2H3. The van der Waals surface area contributed by atoms with Crippen LogP contribution in [0.2, 0.25) is 0 Å². The zero-order chi connectivity index (χ0) is 19.5. The SMILES string of the molecule is CC(CC(=O)N(Cc1nccn1C)c1ccc2c(c1)CCCC2)c1nccs1. The van der Waals surface area contributed by atoms with Crippen molar-refractivity contribution in [2.45, 2.75) is 51.5 Å². The molecule has 1 aliphatic carbocycles. The number of fused-ring (bicyclic) bond motifs is 1. The van der Waals surface area contributed by atoms with Gasteiger partial charge in [-0.3, -0.25) is 4.79 Å². The van der Waals surface area contributed by atoms with Gasteiger partial charge in [0.2, 0.25) is 5.91 Å². The first-order valence-corrected chi connectivity index (χ1v) is 10.8. The van der Waals surface area contributed by atoms with Gasteiger partial charge in [0.25, 0.3) is 0 Å². The second-order valence-electron chi connectivity index (χ2n) is 7.57. The van der Waals surface area contributed by atoms with Gasteiger partial charge in [-0.25, -0.2) is 9.97 Å². The van der Waals surface area contributed by atoms with Crippen LogP contribution in [0.5, 0.6) is 0 Å². The summed E-state index contributed by atoms with van der Waals surface area (Å²) in [6.07, 6.45) is 10.7. The largest absolute Gasteiger partial charge is 0.337 e. The maximum absolute atomic E-state index is 13.3. The Balaban J connectivity index is 1.61. The first kappa shape index (κ1) is 18.9. The first-order valence-electron chi connectivity index (χ1n) is 9.89. The number of carbonyl (C=O) groups excluding carboxylic acids is 1. The molecule has 0 spiro atoms. The average Bonchev–Trinajstić information content (AvgIpc) is 3.37. The molecule has 0 N–H and O–H groups in total. The highest BCUT2D eigenvalue weighted by Gasteiger charge is 2.23. The van der Waals surface area contributed by atoms with Gasteiger partial charge < -0.3 is 9.47 Å². The Labute approximate surface area is 170 Å². The molecule has 1 aliphatic rings. The van der Waals surface area contributed by atoms with E-state index in [0.717, 1.165) is 29.4 Å². The Morgan fingerprint density at radius 2 is 2.04 bits per heavy atom. The summed E-state index contributed by atoms with van der Waals surface area (Å²) >= 11 is 1.61. The predicted molar refractivity (Wildman–Crippen MR) is 113 cm³/mol. The second-order valence-corrected chi connectivity index (χ2v) is 8.50. The average molecular weight is 395 g/mol. The van der Waals surface area contributed by atoms with Crippen molar-refractivity contribution in [3.05, 3.63) is 64.1 Å². The van der Waals surface area contributed by atoms with Crippen LogP contribution in [0, 0.1) is 0 Å². The quantitative estimate of drug-likeness (QED) is 0.619. The third-order valence-electron chi connectivity index (χ3n) is 5.52. The monoisotopic (exact) mass is 394 g/mol. The summed E-state index contributed by atoms with van der Waals surface area (Å²) in [5, 5.41) is 2.97. The van der Waals surface area contributed by atoms with Gasteiger partial charge in [-0.1, -0.05) is 13.0 Å². The molecule has 5 nitrogen and oxygen atoms in total. The fraction of sp³-hybridized carbons (Fsp3) is 0.409. The molecule has 146 valence electrons. The molecule has 2 heterocycles. The molecule has 3 aromatic rings. The van der Waals surface area contributed by atoms with Gasteiger partial charge in [-0.05, 0) is 48.9 Å². The van der Waals surface area contributed by atoms with Crippen molar-refractivity contribution >= 4 is 22.9 Å². The lowest BCUT2D eigenvalue weighted by molar-refractivity contribution is -0.119. The van der Waals surface area contributed by atoms with Crippen molar-refractivity contribution in [1.82, 2.24) is 14.5 Å². The highest BCUT2D eigenvalue weighted by atomic mass is 32.1. The van der Waals surface area contributed by atoms with Crippen LogP contribution in [0.25, 0.3) is 0 Å². The summed E-state index contributed by atoms with van der Waals surface area (Å²) in [6.45, 7) is 2.55. The van der Waals surface area contributed by atoms with Crippen LogP contribution < -0.4 is 4.90 Å². The van der Waals surface area contributed by atoms with E-state index in [1.807, 2.05) is 28.1 Å². The van der Waals surface area contributed by atoms with E-state index in [1.165, 1.54) is 24.0 Å².